The van der Waals surface area contributed by atoms with Crippen LogP contribution in [-0.2, 0) is 13.0 Å². The molecular weight excluding hydrogens is 422 g/mol. The van der Waals surface area contributed by atoms with Crippen molar-refractivity contribution in [2.24, 2.45) is 5.92 Å². The van der Waals surface area contributed by atoms with Crippen molar-refractivity contribution in [2.75, 3.05) is 19.6 Å². The number of pyridine rings is 1. The average molecular weight is 456 g/mol. The van der Waals surface area contributed by atoms with Gasteiger partial charge < -0.3 is 9.72 Å². The van der Waals surface area contributed by atoms with Crippen LogP contribution in [0.5, 0.6) is 0 Å². The molecule has 0 bridgehead atoms. The van der Waals surface area contributed by atoms with Gasteiger partial charge in [-0.3, -0.25) is 4.90 Å². The van der Waals surface area contributed by atoms with E-state index in [0.29, 0.717) is 5.92 Å². The third-order valence-electron chi connectivity index (χ3n) is 6.54. The van der Waals surface area contributed by atoms with E-state index in [1.165, 1.54) is 11.1 Å². The van der Waals surface area contributed by atoms with Crippen LogP contribution in [0.4, 0.5) is 0 Å². The van der Waals surface area contributed by atoms with E-state index >= 15 is 0 Å². The van der Waals surface area contributed by atoms with Gasteiger partial charge in [-0.15, -0.1) is 5.10 Å². The van der Waals surface area contributed by atoms with Crippen LogP contribution in [0.3, 0.4) is 0 Å². The molecule has 1 unspecified atom stereocenters. The summed E-state index contributed by atoms with van der Waals surface area (Å²) in [6.45, 7) is 14.8. The molecular formula is C27H33N7. The highest BCUT2D eigenvalue weighted by Crippen LogP contribution is 2.21. The van der Waals surface area contributed by atoms with Gasteiger partial charge in [0.25, 0.3) is 0 Å². The predicted molar refractivity (Wildman–Crippen MR) is 136 cm³/mol. The van der Waals surface area contributed by atoms with Gasteiger partial charge in [0.05, 0.1) is 11.9 Å². The first-order valence-corrected chi connectivity index (χ1v) is 12.1. The van der Waals surface area contributed by atoms with Crippen molar-refractivity contribution in [2.45, 2.75) is 39.8 Å². The summed E-state index contributed by atoms with van der Waals surface area (Å²) in [4.78, 5) is 7.30. The fourth-order valence-corrected chi connectivity index (χ4v) is 4.55. The Bertz CT molecular complexity index is 1300. The zero-order valence-electron chi connectivity index (χ0n) is 20.3. The largest absolute Gasteiger partial charge is 0.383 e. The average Bonchev–Trinajstić information content (AvgIpc) is 3.50. The molecule has 0 saturated carbocycles. The van der Waals surface area contributed by atoms with E-state index in [9.17, 15) is 0 Å². The Labute approximate surface area is 201 Å². The molecule has 176 valence electrons. The number of nitrogens with one attached hydrogen (secondary N) is 1. The number of imidazole rings is 1. The molecule has 4 heterocycles. The summed E-state index contributed by atoms with van der Waals surface area (Å²) in [5, 5.41) is 12.0. The number of hydrogen-bond donors (Lipinski definition) is 1. The first kappa shape index (κ1) is 22.3. The van der Waals surface area contributed by atoms with Crippen LogP contribution in [0, 0.1) is 5.92 Å². The molecule has 0 aliphatic carbocycles. The van der Waals surface area contributed by atoms with Crippen molar-refractivity contribution in [3.05, 3.63) is 78.4 Å². The van der Waals surface area contributed by atoms with Gasteiger partial charge in [-0.05, 0) is 49.4 Å². The maximum Gasteiger partial charge on any atom is 0.137 e. The van der Waals surface area contributed by atoms with Gasteiger partial charge in [-0.25, -0.2) is 9.67 Å². The Morgan fingerprint density at radius 2 is 1.88 bits per heavy atom. The molecule has 0 fully saturated rings. The van der Waals surface area contributed by atoms with Gasteiger partial charge >= 0.3 is 0 Å². The molecule has 1 N–H and O–H groups in total. The lowest BCUT2D eigenvalue weighted by atomic mass is 9.99. The summed E-state index contributed by atoms with van der Waals surface area (Å²) in [5.74, 6) is 0.509. The molecule has 3 aromatic heterocycles. The second-order valence-corrected chi connectivity index (χ2v) is 9.71. The molecule has 7 heteroatoms. The lowest BCUT2D eigenvalue weighted by Crippen LogP contribution is -2.36. The third kappa shape index (κ3) is 4.75. The minimum Gasteiger partial charge on any atom is -0.383 e. The minimum atomic E-state index is 0.285. The smallest absolute Gasteiger partial charge is 0.137 e. The van der Waals surface area contributed by atoms with Gasteiger partial charge in [-0.2, -0.15) is 0 Å². The summed E-state index contributed by atoms with van der Waals surface area (Å²) >= 11 is 0. The van der Waals surface area contributed by atoms with Crippen molar-refractivity contribution < 1.29 is 0 Å². The highest BCUT2D eigenvalue weighted by atomic mass is 15.4. The second-order valence-electron chi connectivity index (χ2n) is 9.71. The Balaban J connectivity index is 1.19. The predicted octanol–water partition coefficient (Wildman–Crippen LogP) is 4.43. The van der Waals surface area contributed by atoms with Crippen LogP contribution in [0.25, 0.3) is 22.6 Å². The summed E-state index contributed by atoms with van der Waals surface area (Å²) in [6, 6.07) is 13.1. The molecule has 0 radical (unpaired) electrons. The van der Waals surface area contributed by atoms with Gasteiger partial charge in [0.15, 0.2) is 0 Å². The van der Waals surface area contributed by atoms with E-state index < -0.39 is 0 Å². The van der Waals surface area contributed by atoms with E-state index in [0.717, 1.165) is 60.9 Å². The van der Waals surface area contributed by atoms with Crippen molar-refractivity contribution in [3.63, 3.8) is 0 Å². The van der Waals surface area contributed by atoms with E-state index in [-0.39, 0.29) is 6.04 Å². The molecule has 5 rings (SSSR count). The fourth-order valence-electron chi connectivity index (χ4n) is 4.55. The number of fused-ring (bicyclic) bond motifs is 2. The van der Waals surface area contributed by atoms with Gasteiger partial charge in [0.1, 0.15) is 17.0 Å². The first-order valence-electron chi connectivity index (χ1n) is 12.1. The Kier molecular flexibility index (Phi) is 6.20. The van der Waals surface area contributed by atoms with Crippen LogP contribution in [0.1, 0.15) is 43.6 Å². The molecule has 1 aliphatic rings. The Morgan fingerprint density at radius 3 is 2.68 bits per heavy atom. The van der Waals surface area contributed by atoms with E-state index in [2.05, 4.69) is 72.1 Å². The lowest BCUT2D eigenvalue weighted by molar-refractivity contribution is 0.220. The third-order valence-corrected chi connectivity index (χ3v) is 6.54. The standard InChI is InChI=1S/C27H33N7/c1-19(2)34-18-26(30-31-34)24-9-10-27-29-25(17-33(27)16-24)21(4)28-13-20(3)14-32-12-11-22-7-5-6-8-23(22)15-32/h5-10,16-20,28H,4,11-15H2,1-3H3. The molecule has 7 nitrogen and oxygen atoms in total. The Morgan fingerprint density at radius 1 is 1.06 bits per heavy atom. The maximum absolute atomic E-state index is 4.75. The summed E-state index contributed by atoms with van der Waals surface area (Å²) < 4.78 is 3.90. The summed E-state index contributed by atoms with van der Waals surface area (Å²) in [7, 11) is 0. The number of aromatic nitrogens is 5. The highest BCUT2D eigenvalue weighted by molar-refractivity contribution is 5.64. The van der Waals surface area contributed by atoms with E-state index in [4.69, 9.17) is 4.98 Å². The Hall–Kier alpha value is -3.45. The van der Waals surface area contributed by atoms with Gasteiger partial charge in [-0.1, -0.05) is 43.0 Å². The summed E-state index contributed by atoms with van der Waals surface area (Å²) in [5.41, 5.74) is 7.44. The molecule has 0 spiro atoms. The quantitative estimate of drug-likeness (QED) is 0.426. The van der Waals surface area contributed by atoms with E-state index in [1.807, 2.05) is 39.8 Å². The van der Waals surface area contributed by atoms with Crippen molar-refractivity contribution in [1.29, 1.82) is 0 Å². The van der Waals surface area contributed by atoms with E-state index in [1.54, 1.807) is 0 Å². The SMILES string of the molecule is C=C(NCC(C)CN1CCc2ccccc2C1)c1cn2cc(-c3cn(C(C)C)nn3)ccc2n1. The van der Waals surface area contributed by atoms with Crippen molar-refractivity contribution >= 4 is 11.3 Å². The highest BCUT2D eigenvalue weighted by Gasteiger charge is 2.18. The number of rotatable bonds is 8. The van der Waals surface area contributed by atoms with Crippen LogP contribution >= 0.6 is 0 Å². The van der Waals surface area contributed by atoms with Crippen molar-refractivity contribution in [3.8, 4) is 11.3 Å². The number of nitrogens with zero attached hydrogens (tertiary/aromatic N) is 6. The van der Waals surface area contributed by atoms with Crippen LogP contribution in [0.15, 0.2) is 61.6 Å². The molecule has 4 aromatic rings. The molecule has 34 heavy (non-hydrogen) atoms. The zero-order valence-corrected chi connectivity index (χ0v) is 20.3. The molecule has 1 aromatic carbocycles. The monoisotopic (exact) mass is 455 g/mol. The van der Waals surface area contributed by atoms with Gasteiger partial charge in [0.2, 0.25) is 0 Å². The first-order chi connectivity index (χ1) is 16.5. The zero-order chi connectivity index (χ0) is 23.7. The van der Waals surface area contributed by atoms with Crippen molar-refractivity contribution in [1.82, 2.24) is 34.6 Å². The van der Waals surface area contributed by atoms with Crippen LogP contribution < -0.4 is 5.32 Å². The van der Waals surface area contributed by atoms with Gasteiger partial charge in [0, 0.05) is 50.2 Å². The second kappa shape index (κ2) is 9.43. The minimum absolute atomic E-state index is 0.285. The lowest BCUT2D eigenvalue weighted by Gasteiger charge is -2.31. The number of benzene rings is 1. The molecule has 1 aliphatic heterocycles. The van der Waals surface area contributed by atoms with Crippen LogP contribution in [0.2, 0.25) is 0 Å². The number of hydrogen-bond acceptors (Lipinski definition) is 5. The summed E-state index contributed by atoms with van der Waals surface area (Å²) in [6.07, 6.45) is 7.18. The topological polar surface area (TPSA) is 63.3 Å². The molecule has 0 amide bonds. The normalized spacial score (nSPS) is 14.9. The molecule has 1 atom stereocenters. The maximum atomic E-state index is 4.75. The molecule has 0 saturated heterocycles. The fraction of sp³-hybridized carbons (Fsp3) is 0.370. The van der Waals surface area contributed by atoms with Crippen LogP contribution in [-0.4, -0.2) is 48.9 Å².